The molecule has 2 rings (SSSR count). The van der Waals surface area contributed by atoms with Crippen LogP contribution in [0.3, 0.4) is 0 Å². The van der Waals surface area contributed by atoms with Gasteiger partial charge < -0.3 is 5.11 Å². The second-order valence-corrected chi connectivity index (χ2v) is 7.64. The molecule has 1 saturated carbocycles. The molecule has 1 fully saturated rings. The third-order valence-corrected chi connectivity index (χ3v) is 4.99. The lowest BCUT2D eigenvalue weighted by molar-refractivity contribution is -0.0363. The van der Waals surface area contributed by atoms with E-state index in [0.29, 0.717) is 16.4 Å². The summed E-state index contributed by atoms with van der Waals surface area (Å²) < 4.78 is 1.89. The normalized spacial score (nSPS) is 27.8. The molecule has 0 aromatic carbocycles. The van der Waals surface area contributed by atoms with Crippen LogP contribution in [-0.2, 0) is 12.1 Å². The number of hydrogen-bond donors (Lipinski definition) is 1. The van der Waals surface area contributed by atoms with E-state index in [9.17, 15) is 5.11 Å². The van der Waals surface area contributed by atoms with Crippen molar-refractivity contribution in [3.05, 3.63) is 16.9 Å². The molecule has 1 aliphatic carbocycles. The highest BCUT2D eigenvalue weighted by molar-refractivity contribution is 6.31. The molecule has 1 aliphatic rings. The van der Waals surface area contributed by atoms with Crippen molar-refractivity contribution in [2.24, 2.45) is 11.3 Å². The number of rotatable bonds is 3. The molecule has 1 N–H and O–H groups in total. The van der Waals surface area contributed by atoms with E-state index in [1.54, 1.807) is 6.20 Å². The average Bonchev–Trinajstić information content (AvgIpc) is 2.71. The van der Waals surface area contributed by atoms with Crippen molar-refractivity contribution in [1.82, 2.24) is 9.78 Å². The number of aliphatic hydroxyl groups is 1. The van der Waals surface area contributed by atoms with E-state index < -0.39 is 5.60 Å². The van der Waals surface area contributed by atoms with Gasteiger partial charge in [0, 0.05) is 6.54 Å². The summed E-state index contributed by atoms with van der Waals surface area (Å²) in [5, 5.41) is 16.0. The molecule has 114 valence electrons. The van der Waals surface area contributed by atoms with Crippen LogP contribution in [-0.4, -0.2) is 14.9 Å². The lowest BCUT2D eigenvalue weighted by Gasteiger charge is -2.41. The maximum absolute atomic E-state index is 11.1. The minimum atomic E-state index is -0.801. The van der Waals surface area contributed by atoms with Crippen molar-refractivity contribution < 1.29 is 5.11 Å². The summed E-state index contributed by atoms with van der Waals surface area (Å²) in [5.74, 6) is 0.670. The first-order chi connectivity index (χ1) is 9.28. The molecular weight excluding hydrogens is 272 g/mol. The number of aromatic nitrogens is 2. The predicted molar refractivity (Wildman–Crippen MR) is 82.8 cm³/mol. The van der Waals surface area contributed by atoms with Crippen molar-refractivity contribution in [3.63, 3.8) is 0 Å². The van der Waals surface area contributed by atoms with Crippen molar-refractivity contribution in [3.8, 4) is 0 Å². The number of aryl methyl sites for hydroxylation is 1. The first-order valence-electron chi connectivity index (χ1n) is 7.72. The molecule has 1 aromatic rings. The average molecular weight is 299 g/mol. The van der Waals surface area contributed by atoms with E-state index in [-0.39, 0.29) is 0 Å². The zero-order valence-electron chi connectivity index (χ0n) is 13.1. The van der Waals surface area contributed by atoms with Crippen LogP contribution >= 0.6 is 11.6 Å². The molecule has 0 aliphatic heterocycles. The van der Waals surface area contributed by atoms with Crippen molar-refractivity contribution >= 4 is 11.6 Å². The standard InChI is InChI=1S/C16H27ClN2O/c1-5-10-19-14(13(17)11-18-19)16(20)8-6-12(7-9-16)15(2,3)4/h11-12,20H,5-10H2,1-4H3. The van der Waals surface area contributed by atoms with Crippen molar-refractivity contribution in [2.45, 2.75) is 71.9 Å². The minimum Gasteiger partial charge on any atom is -0.384 e. The Bertz CT molecular complexity index is 454. The first kappa shape index (κ1) is 15.8. The highest BCUT2D eigenvalue weighted by atomic mass is 35.5. The molecule has 0 atom stereocenters. The van der Waals surface area contributed by atoms with Crippen LogP contribution < -0.4 is 0 Å². The zero-order valence-corrected chi connectivity index (χ0v) is 13.9. The summed E-state index contributed by atoms with van der Waals surface area (Å²) in [4.78, 5) is 0. The van der Waals surface area contributed by atoms with Crippen LogP contribution in [0.1, 0.15) is 65.5 Å². The van der Waals surface area contributed by atoms with Gasteiger partial charge in [0.2, 0.25) is 0 Å². The summed E-state index contributed by atoms with van der Waals surface area (Å²) in [6.07, 6.45) is 6.32. The van der Waals surface area contributed by atoms with Gasteiger partial charge in [0.25, 0.3) is 0 Å². The molecule has 0 bridgehead atoms. The van der Waals surface area contributed by atoms with E-state index >= 15 is 0 Å². The topological polar surface area (TPSA) is 38.0 Å². The van der Waals surface area contributed by atoms with Gasteiger partial charge in [-0.15, -0.1) is 0 Å². The Kier molecular flexibility index (Phi) is 4.50. The molecule has 3 nitrogen and oxygen atoms in total. The molecular formula is C16H27ClN2O. The molecule has 0 saturated heterocycles. The maximum atomic E-state index is 11.1. The summed E-state index contributed by atoms with van der Waals surface area (Å²) in [7, 11) is 0. The van der Waals surface area contributed by atoms with Crippen LogP contribution in [0.4, 0.5) is 0 Å². The molecule has 20 heavy (non-hydrogen) atoms. The van der Waals surface area contributed by atoms with Crippen LogP contribution in [0.25, 0.3) is 0 Å². The quantitative estimate of drug-likeness (QED) is 0.900. The summed E-state index contributed by atoms with van der Waals surface area (Å²) >= 11 is 6.29. The highest BCUT2D eigenvalue weighted by Gasteiger charge is 2.41. The van der Waals surface area contributed by atoms with Gasteiger partial charge in [-0.3, -0.25) is 4.68 Å². The molecule has 0 spiro atoms. The van der Waals surface area contributed by atoms with Crippen molar-refractivity contribution in [2.75, 3.05) is 0 Å². The van der Waals surface area contributed by atoms with Gasteiger partial charge in [0.1, 0.15) is 5.60 Å². The highest BCUT2D eigenvalue weighted by Crippen LogP contribution is 2.46. The number of nitrogens with zero attached hydrogens (tertiary/aromatic N) is 2. The Balaban J connectivity index is 2.19. The fourth-order valence-corrected chi connectivity index (χ4v) is 3.72. The monoisotopic (exact) mass is 298 g/mol. The molecule has 0 unspecified atom stereocenters. The van der Waals surface area contributed by atoms with Gasteiger partial charge in [0.05, 0.1) is 16.9 Å². The second kappa shape index (κ2) is 5.69. The Morgan fingerprint density at radius 2 is 2.00 bits per heavy atom. The zero-order chi connectivity index (χ0) is 15.0. The minimum absolute atomic E-state index is 0.314. The van der Waals surface area contributed by atoms with Gasteiger partial charge in [0.15, 0.2) is 0 Å². The van der Waals surface area contributed by atoms with Gasteiger partial charge in [-0.05, 0) is 43.4 Å². The Hall–Kier alpha value is -0.540. The SMILES string of the molecule is CCCn1ncc(Cl)c1C1(O)CCC(C(C)(C)C)CC1. The van der Waals surface area contributed by atoms with Gasteiger partial charge in [-0.1, -0.05) is 39.3 Å². The van der Waals surface area contributed by atoms with Crippen LogP contribution in [0, 0.1) is 11.3 Å². The van der Waals surface area contributed by atoms with Crippen LogP contribution in [0.5, 0.6) is 0 Å². The van der Waals surface area contributed by atoms with E-state index in [1.165, 1.54) is 0 Å². The number of hydrogen-bond acceptors (Lipinski definition) is 2. The largest absolute Gasteiger partial charge is 0.384 e. The predicted octanol–water partition coefficient (Wildman–Crippen LogP) is 4.37. The Labute approximate surface area is 127 Å². The Morgan fingerprint density at radius 1 is 1.40 bits per heavy atom. The van der Waals surface area contributed by atoms with E-state index in [1.807, 2.05) is 4.68 Å². The smallest absolute Gasteiger partial charge is 0.108 e. The molecule has 4 heteroatoms. The number of halogens is 1. The van der Waals surface area contributed by atoms with Gasteiger partial charge in [-0.2, -0.15) is 5.10 Å². The summed E-state index contributed by atoms with van der Waals surface area (Å²) in [5.41, 5.74) is 0.340. The molecule has 1 aromatic heterocycles. The fraction of sp³-hybridized carbons (Fsp3) is 0.812. The first-order valence-corrected chi connectivity index (χ1v) is 8.10. The lowest BCUT2D eigenvalue weighted by atomic mass is 9.67. The van der Waals surface area contributed by atoms with Crippen molar-refractivity contribution in [1.29, 1.82) is 0 Å². The van der Waals surface area contributed by atoms with E-state index in [2.05, 4.69) is 32.8 Å². The second-order valence-electron chi connectivity index (χ2n) is 7.24. The van der Waals surface area contributed by atoms with Crippen LogP contribution in [0.15, 0.2) is 6.20 Å². The third kappa shape index (κ3) is 3.04. The van der Waals surface area contributed by atoms with Gasteiger partial charge in [-0.25, -0.2) is 0 Å². The maximum Gasteiger partial charge on any atom is 0.108 e. The lowest BCUT2D eigenvalue weighted by Crippen LogP contribution is -2.37. The summed E-state index contributed by atoms with van der Waals surface area (Å²) in [6, 6.07) is 0. The van der Waals surface area contributed by atoms with Crippen LogP contribution in [0.2, 0.25) is 5.02 Å². The third-order valence-electron chi connectivity index (χ3n) is 4.71. The van der Waals surface area contributed by atoms with E-state index in [0.717, 1.165) is 44.3 Å². The molecule has 1 heterocycles. The molecule has 0 amide bonds. The van der Waals surface area contributed by atoms with Gasteiger partial charge >= 0.3 is 0 Å². The molecule has 0 radical (unpaired) electrons. The van der Waals surface area contributed by atoms with E-state index in [4.69, 9.17) is 11.6 Å². The fourth-order valence-electron chi connectivity index (χ4n) is 3.40. The summed E-state index contributed by atoms with van der Waals surface area (Å²) in [6.45, 7) is 9.79. The Morgan fingerprint density at radius 3 is 2.50 bits per heavy atom.